The molecule has 1 atom stereocenters. The van der Waals surface area contributed by atoms with E-state index in [-0.39, 0.29) is 11.3 Å². The van der Waals surface area contributed by atoms with Gasteiger partial charge in [0.05, 0.1) is 24.0 Å². The highest BCUT2D eigenvalue weighted by molar-refractivity contribution is 7.98. The lowest BCUT2D eigenvalue weighted by molar-refractivity contribution is -0.142. The van der Waals surface area contributed by atoms with Gasteiger partial charge < -0.3 is 21.1 Å². The molecule has 2 aromatic rings. The van der Waals surface area contributed by atoms with Crippen LogP contribution >= 0.6 is 11.8 Å². The third-order valence-corrected chi connectivity index (χ3v) is 4.51. The number of aromatic nitrogens is 1. The lowest BCUT2D eigenvalue weighted by Gasteiger charge is -2.16. The molecule has 2 amide bonds. The third-order valence-electron chi connectivity index (χ3n) is 3.87. The van der Waals surface area contributed by atoms with Gasteiger partial charge in [0.15, 0.2) is 0 Å². The highest BCUT2D eigenvalue weighted by Crippen LogP contribution is 2.17. The monoisotopic (exact) mass is 402 g/mol. The number of ether oxygens (including phenoxy) is 1. The number of rotatable bonds is 8. The smallest absolute Gasteiger partial charge is 0.328 e. The largest absolute Gasteiger partial charge is 0.467 e. The Kier molecular flexibility index (Phi) is 7.82. The van der Waals surface area contributed by atoms with Crippen molar-refractivity contribution in [2.75, 3.05) is 30.2 Å². The van der Waals surface area contributed by atoms with Gasteiger partial charge in [0.25, 0.3) is 11.8 Å². The molecule has 1 aromatic carbocycles. The van der Waals surface area contributed by atoms with E-state index in [1.54, 1.807) is 36.0 Å². The van der Waals surface area contributed by atoms with Gasteiger partial charge in [-0.05, 0) is 42.7 Å². The molecule has 1 heterocycles. The summed E-state index contributed by atoms with van der Waals surface area (Å²) in [6.45, 7) is 0. The molecule has 0 saturated heterocycles. The molecule has 1 aromatic heterocycles. The van der Waals surface area contributed by atoms with E-state index in [0.717, 1.165) is 0 Å². The zero-order chi connectivity index (χ0) is 20.5. The predicted octanol–water partition coefficient (Wildman–Crippen LogP) is 1.94. The Morgan fingerprint density at radius 2 is 1.93 bits per heavy atom. The van der Waals surface area contributed by atoms with Crippen LogP contribution in [0.2, 0.25) is 0 Å². The van der Waals surface area contributed by atoms with Crippen molar-refractivity contribution in [2.24, 2.45) is 0 Å². The second-order valence-corrected chi connectivity index (χ2v) is 6.79. The van der Waals surface area contributed by atoms with Crippen molar-refractivity contribution in [1.82, 2.24) is 10.3 Å². The maximum Gasteiger partial charge on any atom is 0.328 e. The average molecular weight is 402 g/mol. The molecule has 4 N–H and O–H groups in total. The molecule has 0 aliphatic carbocycles. The second-order valence-electron chi connectivity index (χ2n) is 5.80. The van der Waals surface area contributed by atoms with Crippen molar-refractivity contribution in [3.05, 3.63) is 53.9 Å². The molecule has 2 rings (SSSR count). The molecule has 0 spiro atoms. The number of hydrogen-bond donors (Lipinski definition) is 3. The molecular formula is C19H22N4O4S. The molecule has 0 aliphatic rings. The summed E-state index contributed by atoms with van der Waals surface area (Å²) < 4.78 is 4.72. The Bertz CT molecular complexity index is 842. The average Bonchev–Trinajstić information content (AvgIpc) is 2.72. The normalized spacial score (nSPS) is 11.4. The fraction of sp³-hybridized carbons (Fsp3) is 0.263. The van der Waals surface area contributed by atoms with Gasteiger partial charge in [-0.2, -0.15) is 11.8 Å². The SMILES string of the molecule is COC(=O)[C@H](CCSC)NC(=O)c1ccc(C(=O)Nc2ccccc2N)nc1. The first-order valence-electron chi connectivity index (χ1n) is 8.45. The lowest BCUT2D eigenvalue weighted by Crippen LogP contribution is -2.42. The van der Waals surface area contributed by atoms with Crippen molar-refractivity contribution in [2.45, 2.75) is 12.5 Å². The number of methoxy groups -OCH3 is 1. The van der Waals surface area contributed by atoms with Gasteiger partial charge in [0.1, 0.15) is 11.7 Å². The Balaban J connectivity index is 2.04. The van der Waals surface area contributed by atoms with Crippen LogP contribution in [0.25, 0.3) is 0 Å². The number of hydrogen-bond acceptors (Lipinski definition) is 7. The van der Waals surface area contributed by atoms with Crippen molar-refractivity contribution in [3.63, 3.8) is 0 Å². The zero-order valence-corrected chi connectivity index (χ0v) is 16.4. The van der Waals surface area contributed by atoms with E-state index in [0.29, 0.717) is 23.5 Å². The number of nitrogens with two attached hydrogens (primary N) is 1. The summed E-state index contributed by atoms with van der Waals surface area (Å²) >= 11 is 1.56. The number of esters is 1. The summed E-state index contributed by atoms with van der Waals surface area (Å²) in [6.07, 6.45) is 3.64. The van der Waals surface area contributed by atoms with Gasteiger partial charge in [-0.3, -0.25) is 14.6 Å². The number of para-hydroxylation sites is 2. The summed E-state index contributed by atoms with van der Waals surface area (Å²) in [5.41, 5.74) is 7.08. The molecule has 0 saturated carbocycles. The fourth-order valence-electron chi connectivity index (χ4n) is 2.33. The van der Waals surface area contributed by atoms with E-state index in [4.69, 9.17) is 10.5 Å². The maximum absolute atomic E-state index is 12.4. The number of thioether (sulfide) groups is 1. The van der Waals surface area contributed by atoms with Crippen LogP contribution in [0.1, 0.15) is 27.3 Å². The third kappa shape index (κ3) is 5.71. The molecule has 0 aliphatic heterocycles. The first-order valence-corrected chi connectivity index (χ1v) is 9.85. The van der Waals surface area contributed by atoms with E-state index in [9.17, 15) is 14.4 Å². The summed E-state index contributed by atoms with van der Waals surface area (Å²) in [6, 6.07) is 9.02. The predicted molar refractivity (Wildman–Crippen MR) is 109 cm³/mol. The number of nitrogen functional groups attached to an aromatic ring is 1. The van der Waals surface area contributed by atoms with E-state index >= 15 is 0 Å². The van der Waals surface area contributed by atoms with Crippen LogP contribution in [0.15, 0.2) is 42.6 Å². The minimum Gasteiger partial charge on any atom is -0.467 e. The molecule has 28 heavy (non-hydrogen) atoms. The Morgan fingerprint density at radius 3 is 2.54 bits per heavy atom. The van der Waals surface area contributed by atoms with Crippen molar-refractivity contribution < 1.29 is 19.1 Å². The standard InChI is InChI=1S/C19H22N4O4S/c1-27-19(26)16(9-10-28-2)23-17(24)12-7-8-15(21-11-12)18(25)22-14-6-4-3-5-13(14)20/h3-8,11,16H,9-10,20H2,1-2H3,(H,22,25)(H,23,24)/t16-/m0/s1. The summed E-state index contributed by atoms with van der Waals surface area (Å²) in [5, 5.41) is 5.29. The van der Waals surface area contributed by atoms with Crippen LogP contribution in [0, 0.1) is 0 Å². The Hall–Kier alpha value is -3.07. The molecule has 148 valence electrons. The van der Waals surface area contributed by atoms with Crippen LogP contribution in [-0.2, 0) is 9.53 Å². The van der Waals surface area contributed by atoms with Gasteiger partial charge in [-0.15, -0.1) is 0 Å². The van der Waals surface area contributed by atoms with E-state index in [1.165, 1.54) is 25.4 Å². The van der Waals surface area contributed by atoms with Crippen LogP contribution in [0.3, 0.4) is 0 Å². The van der Waals surface area contributed by atoms with Crippen LogP contribution in [0.5, 0.6) is 0 Å². The summed E-state index contributed by atoms with van der Waals surface area (Å²) in [4.78, 5) is 40.5. The topological polar surface area (TPSA) is 123 Å². The van der Waals surface area contributed by atoms with E-state index in [2.05, 4.69) is 15.6 Å². The Morgan fingerprint density at radius 1 is 1.18 bits per heavy atom. The first kappa shape index (κ1) is 21.2. The van der Waals surface area contributed by atoms with Gasteiger partial charge in [0.2, 0.25) is 0 Å². The van der Waals surface area contributed by atoms with Crippen LogP contribution in [0.4, 0.5) is 11.4 Å². The zero-order valence-electron chi connectivity index (χ0n) is 15.6. The molecular weight excluding hydrogens is 380 g/mol. The number of nitrogens with one attached hydrogen (secondary N) is 2. The van der Waals surface area contributed by atoms with Gasteiger partial charge in [-0.1, -0.05) is 12.1 Å². The van der Waals surface area contributed by atoms with Crippen LogP contribution in [-0.4, -0.2) is 47.9 Å². The number of nitrogens with zero attached hydrogens (tertiary/aromatic N) is 1. The molecule has 0 fully saturated rings. The maximum atomic E-state index is 12.4. The fourth-order valence-corrected chi connectivity index (χ4v) is 2.80. The Labute approximate surface area is 167 Å². The van der Waals surface area contributed by atoms with E-state index in [1.807, 2.05) is 6.26 Å². The lowest BCUT2D eigenvalue weighted by atomic mass is 10.2. The van der Waals surface area contributed by atoms with E-state index < -0.39 is 23.8 Å². The highest BCUT2D eigenvalue weighted by atomic mass is 32.2. The van der Waals surface area contributed by atoms with Crippen molar-refractivity contribution >= 4 is 40.9 Å². The molecule has 0 bridgehead atoms. The number of carbonyl (C=O) groups is 3. The number of pyridine rings is 1. The number of benzene rings is 1. The number of amides is 2. The molecule has 8 nitrogen and oxygen atoms in total. The minimum atomic E-state index is -0.742. The second kappa shape index (κ2) is 10.3. The number of carbonyl (C=O) groups excluding carboxylic acids is 3. The van der Waals surface area contributed by atoms with Crippen molar-refractivity contribution in [3.8, 4) is 0 Å². The quantitative estimate of drug-likeness (QED) is 0.455. The molecule has 0 radical (unpaired) electrons. The number of anilines is 2. The minimum absolute atomic E-state index is 0.131. The molecule has 9 heteroatoms. The van der Waals surface area contributed by atoms with Crippen LogP contribution < -0.4 is 16.4 Å². The van der Waals surface area contributed by atoms with Gasteiger partial charge >= 0.3 is 5.97 Å². The summed E-state index contributed by atoms with van der Waals surface area (Å²) in [7, 11) is 1.27. The first-order chi connectivity index (χ1) is 13.5. The van der Waals surface area contributed by atoms with Gasteiger partial charge in [-0.25, -0.2) is 4.79 Å². The highest BCUT2D eigenvalue weighted by Gasteiger charge is 2.22. The van der Waals surface area contributed by atoms with Gasteiger partial charge in [0, 0.05) is 6.20 Å². The van der Waals surface area contributed by atoms with Crippen molar-refractivity contribution in [1.29, 1.82) is 0 Å². The molecule has 0 unspecified atom stereocenters. The summed E-state index contributed by atoms with van der Waals surface area (Å²) in [5.74, 6) is -0.729.